The Morgan fingerprint density at radius 1 is 1.50 bits per heavy atom. The van der Waals surface area contributed by atoms with Crippen LogP contribution in [0.1, 0.15) is 17.3 Å². The molecule has 0 spiro atoms. The van der Waals surface area contributed by atoms with E-state index in [9.17, 15) is 4.79 Å². The fourth-order valence-corrected chi connectivity index (χ4v) is 1.06. The summed E-state index contributed by atoms with van der Waals surface area (Å²) in [7, 11) is 3.45. The van der Waals surface area contributed by atoms with Crippen molar-refractivity contribution in [3.63, 3.8) is 0 Å². The molecule has 0 saturated heterocycles. The summed E-state index contributed by atoms with van der Waals surface area (Å²) in [5.74, 6) is 0.767. The van der Waals surface area contributed by atoms with Gasteiger partial charge in [0.1, 0.15) is 5.82 Å². The van der Waals surface area contributed by atoms with Crippen LogP contribution in [-0.2, 0) is 0 Å². The summed E-state index contributed by atoms with van der Waals surface area (Å²) < 4.78 is 0. The van der Waals surface area contributed by atoms with Crippen molar-refractivity contribution < 1.29 is 4.79 Å². The van der Waals surface area contributed by atoms with Crippen molar-refractivity contribution in [2.45, 2.75) is 6.92 Å². The summed E-state index contributed by atoms with van der Waals surface area (Å²) in [6.07, 6.45) is 1.58. The average molecular weight is 193 g/mol. The molecule has 1 aromatic heterocycles. The van der Waals surface area contributed by atoms with Gasteiger partial charge in [-0.05, 0) is 19.1 Å². The van der Waals surface area contributed by atoms with E-state index in [1.54, 1.807) is 32.4 Å². The molecule has 0 bridgehead atoms. The zero-order chi connectivity index (χ0) is 10.6. The lowest BCUT2D eigenvalue weighted by Gasteiger charge is -2.10. The van der Waals surface area contributed by atoms with Gasteiger partial charge in [0.05, 0.1) is 5.56 Å². The maximum Gasteiger partial charge on any atom is 0.254 e. The third-order valence-electron chi connectivity index (χ3n) is 1.77. The topological polar surface area (TPSA) is 45.2 Å². The van der Waals surface area contributed by atoms with Crippen LogP contribution in [0.15, 0.2) is 18.3 Å². The van der Waals surface area contributed by atoms with Gasteiger partial charge in [-0.15, -0.1) is 0 Å². The van der Waals surface area contributed by atoms with Crippen molar-refractivity contribution in [1.29, 1.82) is 0 Å². The second-order valence-corrected chi connectivity index (χ2v) is 3.16. The van der Waals surface area contributed by atoms with Crippen LogP contribution in [0.4, 0.5) is 5.82 Å². The van der Waals surface area contributed by atoms with Crippen molar-refractivity contribution in [3.8, 4) is 0 Å². The lowest BCUT2D eigenvalue weighted by molar-refractivity contribution is 0.0827. The van der Waals surface area contributed by atoms with Crippen molar-refractivity contribution >= 4 is 11.7 Å². The van der Waals surface area contributed by atoms with Crippen LogP contribution >= 0.6 is 0 Å². The summed E-state index contributed by atoms with van der Waals surface area (Å²) in [4.78, 5) is 17.1. The zero-order valence-corrected chi connectivity index (χ0v) is 8.74. The van der Waals surface area contributed by atoms with Crippen LogP contribution in [0, 0.1) is 0 Å². The highest BCUT2D eigenvalue weighted by molar-refractivity contribution is 5.93. The van der Waals surface area contributed by atoms with Crippen molar-refractivity contribution in [3.05, 3.63) is 23.9 Å². The summed E-state index contributed by atoms with van der Waals surface area (Å²) >= 11 is 0. The van der Waals surface area contributed by atoms with Crippen LogP contribution < -0.4 is 5.32 Å². The quantitative estimate of drug-likeness (QED) is 0.785. The molecule has 76 valence electrons. The molecule has 0 aromatic carbocycles. The summed E-state index contributed by atoms with van der Waals surface area (Å²) in [6.45, 7) is 2.83. The maximum atomic E-state index is 11.5. The number of hydrogen-bond donors (Lipinski definition) is 1. The number of hydrogen-bond acceptors (Lipinski definition) is 3. The number of carbonyl (C=O) groups excluding carboxylic acids is 1. The number of aromatic nitrogens is 1. The first-order valence-electron chi connectivity index (χ1n) is 4.56. The van der Waals surface area contributed by atoms with Crippen molar-refractivity contribution in [2.75, 3.05) is 26.0 Å². The highest BCUT2D eigenvalue weighted by Crippen LogP contribution is 2.06. The minimum absolute atomic E-state index is 0.0273. The number of pyridine rings is 1. The Hall–Kier alpha value is -1.58. The second-order valence-electron chi connectivity index (χ2n) is 3.16. The molecule has 1 amide bonds. The smallest absolute Gasteiger partial charge is 0.254 e. The third kappa shape index (κ3) is 2.45. The molecule has 4 heteroatoms. The van der Waals surface area contributed by atoms with Gasteiger partial charge in [0, 0.05) is 26.8 Å². The Labute approximate surface area is 83.9 Å². The first-order chi connectivity index (χ1) is 6.65. The number of amides is 1. The number of nitrogens with one attached hydrogen (secondary N) is 1. The lowest BCUT2D eigenvalue weighted by Crippen LogP contribution is -2.21. The standard InChI is InChI=1S/C10H15N3O/c1-4-11-9-6-5-8(7-12-9)10(14)13(2)3/h5-7H,4H2,1-3H3,(H,11,12). The molecule has 0 radical (unpaired) electrons. The van der Waals surface area contributed by atoms with Gasteiger partial charge >= 0.3 is 0 Å². The van der Waals surface area contributed by atoms with E-state index in [2.05, 4.69) is 10.3 Å². The molecule has 0 aliphatic carbocycles. The molecule has 1 heterocycles. The first kappa shape index (κ1) is 10.5. The second kappa shape index (κ2) is 4.60. The number of nitrogens with zero attached hydrogens (tertiary/aromatic N) is 2. The molecule has 0 aliphatic rings. The van der Waals surface area contributed by atoms with Crippen LogP contribution in [0.5, 0.6) is 0 Å². The minimum atomic E-state index is -0.0273. The summed E-state index contributed by atoms with van der Waals surface area (Å²) in [5, 5.41) is 3.07. The Kier molecular flexibility index (Phi) is 3.45. The normalized spacial score (nSPS) is 9.64. The van der Waals surface area contributed by atoms with E-state index >= 15 is 0 Å². The van der Waals surface area contributed by atoms with E-state index in [1.165, 1.54) is 4.90 Å². The average Bonchev–Trinajstić information content (AvgIpc) is 2.18. The van der Waals surface area contributed by atoms with E-state index in [4.69, 9.17) is 0 Å². The van der Waals surface area contributed by atoms with Gasteiger partial charge in [-0.25, -0.2) is 4.98 Å². The van der Waals surface area contributed by atoms with Crippen LogP contribution in [-0.4, -0.2) is 36.4 Å². The molecule has 0 unspecified atom stereocenters. The zero-order valence-electron chi connectivity index (χ0n) is 8.74. The Morgan fingerprint density at radius 3 is 2.64 bits per heavy atom. The van der Waals surface area contributed by atoms with Gasteiger partial charge in [0.15, 0.2) is 0 Å². The molecule has 1 rings (SSSR count). The van der Waals surface area contributed by atoms with Crippen LogP contribution in [0.25, 0.3) is 0 Å². The predicted octanol–water partition coefficient (Wildman–Crippen LogP) is 1.22. The largest absolute Gasteiger partial charge is 0.370 e. The molecule has 4 nitrogen and oxygen atoms in total. The van der Waals surface area contributed by atoms with Gasteiger partial charge in [-0.2, -0.15) is 0 Å². The minimum Gasteiger partial charge on any atom is -0.370 e. The van der Waals surface area contributed by atoms with E-state index in [-0.39, 0.29) is 5.91 Å². The van der Waals surface area contributed by atoms with E-state index in [0.717, 1.165) is 12.4 Å². The van der Waals surface area contributed by atoms with Gasteiger partial charge in [0.25, 0.3) is 5.91 Å². The van der Waals surface area contributed by atoms with Crippen LogP contribution in [0.3, 0.4) is 0 Å². The lowest BCUT2D eigenvalue weighted by atomic mass is 10.2. The highest BCUT2D eigenvalue weighted by Gasteiger charge is 2.07. The first-order valence-corrected chi connectivity index (χ1v) is 4.56. The molecule has 0 aliphatic heterocycles. The Morgan fingerprint density at radius 2 is 2.21 bits per heavy atom. The third-order valence-corrected chi connectivity index (χ3v) is 1.77. The summed E-state index contributed by atoms with van der Waals surface area (Å²) in [5.41, 5.74) is 0.608. The van der Waals surface area contributed by atoms with Crippen molar-refractivity contribution in [1.82, 2.24) is 9.88 Å². The van der Waals surface area contributed by atoms with Gasteiger partial charge < -0.3 is 10.2 Å². The monoisotopic (exact) mass is 193 g/mol. The van der Waals surface area contributed by atoms with Gasteiger partial charge in [0.2, 0.25) is 0 Å². The SMILES string of the molecule is CCNc1ccc(C(=O)N(C)C)cn1. The van der Waals surface area contributed by atoms with Gasteiger partial charge in [-0.3, -0.25) is 4.79 Å². The molecule has 1 aromatic rings. The predicted molar refractivity (Wildman–Crippen MR) is 56.4 cm³/mol. The van der Waals surface area contributed by atoms with Crippen LogP contribution in [0.2, 0.25) is 0 Å². The Balaban J connectivity index is 2.78. The molecule has 0 saturated carbocycles. The van der Waals surface area contributed by atoms with E-state index in [0.29, 0.717) is 5.56 Å². The number of anilines is 1. The summed E-state index contributed by atoms with van der Waals surface area (Å²) in [6, 6.07) is 3.58. The Bertz CT molecular complexity index is 306. The van der Waals surface area contributed by atoms with E-state index < -0.39 is 0 Å². The number of carbonyl (C=O) groups is 1. The molecule has 1 N–H and O–H groups in total. The van der Waals surface area contributed by atoms with Gasteiger partial charge in [-0.1, -0.05) is 0 Å². The fourth-order valence-electron chi connectivity index (χ4n) is 1.06. The molecule has 0 fully saturated rings. The van der Waals surface area contributed by atoms with E-state index in [1.807, 2.05) is 6.92 Å². The molecule has 14 heavy (non-hydrogen) atoms. The highest BCUT2D eigenvalue weighted by atomic mass is 16.2. The maximum absolute atomic E-state index is 11.5. The van der Waals surface area contributed by atoms with Crippen molar-refractivity contribution in [2.24, 2.45) is 0 Å². The number of rotatable bonds is 3. The fraction of sp³-hybridized carbons (Fsp3) is 0.400. The molecule has 0 atom stereocenters. The molecular formula is C10H15N3O. The molecular weight excluding hydrogens is 178 g/mol.